The third kappa shape index (κ3) is 1.78. The molecule has 1 heterocycles. The van der Waals surface area contributed by atoms with E-state index >= 15 is 0 Å². The Hall–Kier alpha value is -1.88. The summed E-state index contributed by atoms with van der Waals surface area (Å²) in [5.74, 6) is 2.11. The SMILES string of the molecule is COc1cc(OC)c2oc(CO)cc2c1OC. The van der Waals surface area contributed by atoms with Gasteiger partial charge in [0.05, 0.1) is 26.7 Å². The minimum absolute atomic E-state index is 0.177. The lowest BCUT2D eigenvalue weighted by molar-refractivity contribution is 0.250. The lowest BCUT2D eigenvalue weighted by Gasteiger charge is -2.10. The highest BCUT2D eigenvalue weighted by Gasteiger charge is 2.18. The zero-order chi connectivity index (χ0) is 12.4. The maximum absolute atomic E-state index is 9.09. The van der Waals surface area contributed by atoms with Gasteiger partial charge in [-0.05, 0) is 6.07 Å². The Morgan fingerprint density at radius 1 is 1.06 bits per heavy atom. The van der Waals surface area contributed by atoms with Crippen molar-refractivity contribution < 1.29 is 23.7 Å². The molecule has 5 heteroatoms. The van der Waals surface area contributed by atoms with Crippen LogP contribution >= 0.6 is 0 Å². The molecule has 0 amide bonds. The van der Waals surface area contributed by atoms with Crippen LogP contribution in [0.2, 0.25) is 0 Å². The second-order valence-electron chi connectivity index (χ2n) is 3.43. The van der Waals surface area contributed by atoms with Crippen LogP contribution in [-0.4, -0.2) is 26.4 Å². The summed E-state index contributed by atoms with van der Waals surface area (Å²) >= 11 is 0. The first-order valence-corrected chi connectivity index (χ1v) is 5.07. The van der Waals surface area contributed by atoms with Crippen molar-refractivity contribution in [1.29, 1.82) is 0 Å². The maximum atomic E-state index is 9.09. The summed E-state index contributed by atoms with van der Waals surface area (Å²) in [6.07, 6.45) is 0. The van der Waals surface area contributed by atoms with Gasteiger partial charge in [-0.15, -0.1) is 0 Å². The number of aliphatic hydroxyl groups is 1. The fourth-order valence-corrected chi connectivity index (χ4v) is 1.77. The molecular weight excluding hydrogens is 224 g/mol. The highest BCUT2D eigenvalue weighted by atomic mass is 16.5. The van der Waals surface area contributed by atoms with Crippen LogP contribution in [0.4, 0.5) is 0 Å². The van der Waals surface area contributed by atoms with Crippen molar-refractivity contribution in [3.05, 3.63) is 17.9 Å². The van der Waals surface area contributed by atoms with Gasteiger partial charge in [0.2, 0.25) is 0 Å². The van der Waals surface area contributed by atoms with E-state index in [1.807, 2.05) is 0 Å². The fraction of sp³-hybridized carbons (Fsp3) is 0.333. The van der Waals surface area contributed by atoms with Gasteiger partial charge in [0.1, 0.15) is 12.4 Å². The van der Waals surface area contributed by atoms with Gasteiger partial charge >= 0.3 is 0 Å². The van der Waals surface area contributed by atoms with Crippen LogP contribution in [0.25, 0.3) is 11.0 Å². The molecule has 2 rings (SSSR count). The Balaban J connectivity index is 2.78. The topological polar surface area (TPSA) is 61.1 Å². The molecule has 0 saturated heterocycles. The first kappa shape index (κ1) is 11.6. The molecule has 0 unspecified atom stereocenters. The van der Waals surface area contributed by atoms with Crippen molar-refractivity contribution in [2.75, 3.05) is 21.3 Å². The highest BCUT2D eigenvalue weighted by molar-refractivity contribution is 5.92. The number of ether oxygens (including phenoxy) is 3. The molecule has 0 aliphatic rings. The van der Waals surface area contributed by atoms with E-state index < -0.39 is 0 Å². The zero-order valence-corrected chi connectivity index (χ0v) is 9.94. The van der Waals surface area contributed by atoms with Crippen molar-refractivity contribution in [1.82, 2.24) is 0 Å². The Kier molecular flexibility index (Phi) is 3.10. The fourth-order valence-electron chi connectivity index (χ4n) is 1.77. The molecule has 1 N–H and O–H groups in total. The second-order valence-corrected chi connectivity index (χ2v) is 3.43. The van der Waals surface area contributed by atoms with E-state index in [0.717, 1.165) is 0 Å². The molecule has 0 fully saturated rings. The summed E-state index contributed by atoms with van der Waals surface area (Å²) in [4.78, 5) is 0. The van der Waals surface area contributed by atoms with Crippen molar-refractivity contribution in [2.45, 2.75) is 6.61 Å². The number of hydrogen-bond acceptors (Lipinski definition) is 5. The second kappa shape index (κ2) is 4.55. The van der Waals surface area contributed by atoms with Crippen LogP contribution in [-0.2, 0) is 6.61 Å². The standard InChI is InChI=1S/C12H14O5/c1-14-9-5-10(15-2)12-8(11(9)16-3)4-7(6-13)17-12/h4-5,13H,6H2,1-3H3. The first-order chi connectivity index (χ1) is 8.24. The number of fused-ring (bicyclic) bond motifs is 1. The molecule has 2 aromatic rings. The van der Waals surface area contributed by atoms with Crippen molar-refractivity contribution in [3.8, 4) is 17.2 Å². The predicted octanol–water partition coefficient (Wildman–Crippen LogP) is 1.95. The minimum Gasteiger partial charge on any atom is -0.493 e. The van der Waals surface area contributed by atoms with Crippen molar-refractivity contribution >= 4 is 11.0 Å². The van der Waals surface area contributed by atoms with Crippen LogP contribution in [0.15, 0.2) is 16.5 Å². The quantitative estimate of drug-likeness (QED) is 0.882. The molecule has 0 bridgehead atoms. The number of rotatable bonds is 4. The van der Waals surface area contributed by atoms with Gasteiger partial charge in [-0.3, -0.25) is 0 Å². The molecule has 0 atom stereocenters. The highest BCUT2D eigenvalue weighted by Crippen LogP contribution is 2.42. The normalized spacial score (nSPS) is 10.6. The number of aliphatic hydroxyl groups excluding tert-OH is 1. The molecule has 0 saturated carbocycles. The minimum atomic E-state index is -0.177. The van der Waals surface area contributed by atoms with Crippen LogP contribution in [0.1, 0.15) is 5.76 Å². The average molecular weight is 238 g/mol. The summed E-state index contributed by atoms with van der Waals surface area (Å²) in [6, 6.07) is 3.39. The van der Waals surface area contributed by atoms with Crippen LogP contribution in [0.3, 0.4) is 0 Å². The zero-order valence-electron chi connectivity index (χ0n) is 9.94. The van der Waals surface area contributed by atoms with E-state index in [9.17, 15) is 0 Å². The summed E-state index contributed by atoms with van der Waals surface area (Å²) in [5, 5.41) is 9.80. The van der Waals surface area contributed by atoms with E-state index in [1.165, 1.54) is 0 Å². The Morgan fingerprint density at radius 3 is 2.29 bits per heavy atom. The molecule has 17 heavy (non-hydrogen) atoms. The van der Waals surface area contributed by atoms with Gasteiger partial charge in [-0.25, -0.2) is 0 Å². The molecule has 0 spiro atoms. The molecular formula is C12H14O5. The van der Waals surface area contributed by atoms with E-state index in [1.54, 1.807) is 33.5 Å². The summed E-state index contributed by atoms with van der Waals surface area (Å²) in [5.41, 5.74) is 0.536. The lowest BCUT2D eigenvalue weighted by Crippen LogP contribution is -1.93. The predicted molar refractivity (Wildman–Crippen MR) is 61.8 cm³/mol. The van der Waals surface area contributed by atoms with Crippen molar-refractivity contribution in [2.24, 2.45) is 0 Å². The third-order valence-corrected chi connectivity index (χ3v) is 2.54. The van der Waals surface area contributed by atoms with Gasteiger partial charge < -0.3 is 23.7 Å². The molecule has 5 nitrogen and oxygen atoms in total. The Bertz CT molecular complexity index is 529. The van der Waals surface area contributed by atoms with Gasteiger partial charge in [0.25, 0.3) is 0 Å². The number of methoxy groups -OCH3 is 3. The van der Waals surface area contributed by atoms with Crippen LogP contribution in [0, 0.1) is 0 Å². The molecule has 0 radical (unpaired) electrons. The van der Waals surface area contributed by atoms with E-state index in [0.29, 0.717) is 34.0 Å². The lowest BCUT2D eigenvalue weighted by atomic mass is 10.2. The molecule has 0 aliphatic heterocycles. The smallest absolute Gasteiger partial charge is 0.180 e. The third-order valence-electron chi connectivity index (χ3n) is 2.54. The number of benzene rings is 1. The maximum Gasteiger partial charge on any atom is 0.180 e. The van der Waals surface area contributed by atoms with Crippen LogP contribution in [0.5, 0.6) is 17.2 Å². The molecule has 1 aromatic carbocycles. The monoisotopic (exact) mass is 238 g/mol. The van der Waals surface area contributed by atoms with Gasteiger partial charge in [-0.2, -0.15) is 0 Å². The van der Waals surface area contributed by atoms with E-state index in [4.69, 9.17) is 23.7 Å². The molecule has 92 valence electrons. The Labute approximate surface area is 98.5 Å². The van der Waals surface area contributed by atoms with E-state index in [2.05, 4.69) is 0 Å². The Morgan fingerprint density at radius 2 is 1.76 bits per heavy atom. The number of hydrogen-bond donors (Lipinski definition) is 1. The summed E-state index contributed by atoms with van der Waals surface area (Å²) in [7, 11) is 4.65. The van der Waals surface area contributed by atoms with Gasteiger partial charge in [0.15, 0.2) is 22.8 Å². The largest absolute Gasteiger partial charge is 0.493 e. The van der Waals surface area contributed by atoms with Crippen molar-refractivity contribution in [3.63, 3.8) is 0 Å². The molecule has 1 aromatic heterocycles. The van der Waals surface area contributed by atoms with Gasteiger partial charge in [-0.1, -0.05) is 0 Å². The first-order valence-electron chi connectivity index (χ1n) is 5.07. The van der Waals surface area contributed by atoms with Crippen LogP contribution < -0.4 is 14.2 Å². The summed E-state index contributed by atoms with van der Waals surface area (Å²) in [6.45, 7) is -0.177. The summed E-state index contributed by atoms with van der Waals surface area (Å²) < 4.78 is 21.2. The molecule has 0 aliphatic carbocycles. The van der Waals surface area contributed by atoms with Gasteiger partial charge in [0, 0.05) is 6.07 Å². The number of furan rings is 1. The van der Waals surface area contributed by atoms with E-state index in [-0.39, 0.29) is 6.61 Å². The average Bonchev–Trinajstić information content (AvgIpc) is 2.80.